The van der Waals surface area contributed by atoms with Crippen molar-refractivity contribution >= 4 is 11.6 Å². The van der Waals surface area contributed by atoms with Gasteiger partial charge in [0.1, 0.15) is 24.2 Å². The number of methoxy groups -OCH3 is 2. The van der Waals surface area contributed by atoms with Crippen molar-refractivity contribution in [3.05, 3.63) is 101 Å². The minimum Gasteiger partial charge on any atom is -0.493 e. The fourth-order valence-electron chi connectivity index (χ4n) is 4.78. The Labute approximate surface area is 197 Å². The van der Waals surface area contributed by atoms with Gasteiger partial charge in [-0.25, -0.2) is 4.68 Å². The summed E-state index contributed by atoms with van der Waals surface area (Å²) < 4.78 is 19.7. The molecule has 7 heteroatoms. The van der Waals surface area contributed by atoms with Gasteiger partial charge in [0.05, 0.1) is 19.9 Å². The van der Waals surface area contributed by atoms with Gasteiger partial charge in [-0.15, -0.1) is 0 Å². The van der Waals surface area contributed by atoms with Gasteiger partial charge in [-0.05, 0) is 36.8 Å². The summed E-state index contributed by atoms with van der Waals surface area (Å²) in [6.45, 7) is 2.09. The molecular formula is C27H24N4O3. The van der Waals surface area contributed by atoms with Crippen molar-refractivity contribution in [1.29, 1.82) is 0 Å². The zero-order chi connectivity index (χ0) is 23.2. The van der Waals surface area contributed by atoms with E-state index >= 15 is 0 Å². The van der Waals surface area contributed by atoms with Gasteiger partial charge >= 0.3 is 0 Å². The van der Waals surface area contributed by atoms with E-state index in [9.17, 15) is 0 Å². The number of ether oxygens (including phenoxy) is 3. The Bertz CT molecular complexity index is 1410. The van der Waals surface area contributed by atoms with Crippen LogP contribution in [0.15, 0.2) is 78.6 Å². The van der Waals surface area contributed by atoms with Gasteiger partial charge in [0.25, 0.3) is 0 Å². The van der Waals surface area contributed by atoms with Crippen LogP contribution in [0.25, 0.3) is 5.70 Å². The molecule has 7 nitrogen and oxygen atoms in total. The molecule has 0 saturated carbocycles. The van der Waals surface area contributed by atoms with Crippen molar-refractivity contribution < 1.29 is 14.2 Å². The van der Waals surface area contributed by atoms with E-state index in [1.807, 2.05) is 41.1 Å². The normalized spacial score (nSPS) is 18.2. The number of fused-ring (bicyclic) bond motifs is 3. The van der Waals surface area contributed by atoms with E-state index in [1.54, 1.807) is 20.5 Å². The van der Waals surface area contributed by atoms with Crippen LogP contribution in [0.3, 0.4) is 0 Å². The lowest BCUT2D eigenvalue weighted by Crippen LogP contribution is -2.32. The molecule has 0 radical (unpaired) electrons. The highest BCUT2D eigenvalue weighted by molar-refractivity contribution is 5.85. The molecule has 2 aliphatic heterocycles. The highest BCUT2D eigenvalue weighted by atomic mass is 16.5. The van der Waals surface area contributed by atoms with Crippen molar-refractivity contribution in [2.45, 2.75) is 19.1 Å². The van der Waals surface area contributed by atoms with Gasteiger partial charge in [-0.2, -0.15) is 10.1 Å². The van der Waals surface area contributed by atoms with Gasteiger partial charge in [0.2, 0.25) is 5.95 Å². The van der Waals surface area contributed by atoms with E-state index in [0.717, 1.165) is 33.7 Å². The van der Waals surface area contributed by atoms with Crippen molar-refractivity contribution in [1.82, 2.24) is 14.8 Å². The summed E-state index contributed by atoms with van der Waals surface area (Å²) in [4.78, 5) is 4.49. The van der Waals surface area contributed by atoms with Crippen molar-refractivity contribution in [2.75, 3.05) is 19.5 Å². The number of hydrogen-bond acceptors (Lipinski definition) is 6. The number of aromatic nitrogens is 3. The summed E-state index contributed by atoms with van der Waals surface area (Å²) in [7, 11) is 3.28. The Morgan fingerprint density at radius 3 is 2.47 bits per heavy atom. The van der Waals surface area contributed by atoms with Crippen LogP contribution in [-0.2, 0) is 0 Å². The second kappa shape index (κ2) is 7.95. The third-order valence-corrected chi connectivity index (χ3v) is 6.42. The smallest absolute Gasteiger partial charge is 0.226 e. The topological polar surface area (TPSA) is 70.4 Å². The number of aryl methyl sites for hydroxylation is 1. The molecule has 2 atom stereocenters. The third kappa shape index (κ3) is 3.12. The molecule has 0 spiro atoms. The van der Waals surface area contributed by atoms with E-state index < -0.39 is 0 Å². The second-order valence-corrected chi connectivity index (χ2v) is 8.41. The second-order valence-electron chi connectivity index (χ2n) is 8.41. The first-order valence-electron chi connectivity index (χ1n) is 11.1. The van der Waals surface area contributed by atoms with Crippen molar-refractivity contribution in [2.24, 2.45) is 0 Å². The van der Waals surface area contributed by atoms with Crippen LogP contribution in [0, 0.1) is 6.92 Å². The first-order chi connectivity index (χ1) is 16.7. The Hall–Kier alpha value is -4.26. The molecule has 1 aromatic heterocycles. The fraction of sp³-hybridized carbons (Fsp3) is 0.185. The van der Waals surface area contributed by atoms with E-state index in [-0.39, 0.29) is 12.1 Å². The monoisotopic (exact) mass is 452 g/mol. The minimum atomic E-state index is -0.374. The summed E-state index contributed by atoms with van der Waals surface area (Å²) in [5.74, 6) is 2.84. The maximum absolute atomic E-state index is 6.67. The molecule has 0 unspecified atom stereocenters. The van der Waals surface area contributed by atoms with E-state index in [2.05, 4.69) is 52.7 Å². The number of nitrogens with one attached hydrogen (secondary N) is 1. The molecule has 6 rings (SSSR count). The lowest BCUT2D eigenvalue weighted by molar-refractivity contribution is 0.222. The van der Waals surface area contributed by atoms with Gasteiger partial charge in [0, 0.05) is 16.7 Å². The zero-order valence-corrected chi connectivity index (χ0v) is 19.1. The average Bonchev–Trinajstić information content (AvgIpc) is 3.35. The van der Waals surface area contributed by atoms with Crippen LogP contribution in [0.1, 0.15) is 34.4 Å². The quantitative estimate of drug-likeness (QED) is 0.461. The molecule has 0 saturated heterocycles. The zero-order valence-electron chi connectivity index (χ0n) is 19.1. The molecule has 3 heterocycles. The number of rotatable bonds is 4. The molecule has 0 bridgehead atoms. The van der Waals surface area contributed by atoms with E-state index in [4.69, 9.17) is 14.2 Å². The van der Waals surface area contributed by atoms with Crippen LogP contribution in [-0.4, -0.2) is 29.0 Å². The molecule has 1 N–H and O–H groups in total. The number of hydrogen-bond donors (Lipinski definition) is 1. The maximum Gasteiger partial charge on any atom is 0.226 e. The van der Waals surface area contributed by atoms with Crippen molar-refractivity contribution in [3.63, 3.8) is 0 Å². The molecule has 0 amide bonds. The highest BCUT2D eigenvalue weighted by Gasteiger charge is 2.41. The molecule has 3 aromatic carbocycles. The first kappa shape index (κ1) is 20.4. The first-order valence-corrected chi connectivity index (χ1v) is 11.1. The molecule has 2 aliphatic rings. The van der Waals surface area contributed by atoms with Crippen LogP contribution >= 0.6 is 0 Å². The van der Waals surface area contributed by atoms with Gasteiger partial charge in [-0.1, -0.05) is 48.0 Å². The van der Waals surface area contributed by atoms with E-state index in [1.165, 1.54) is 5.56 Å². The number of benzene rings is 3. The Morgan fingerprint density at radius 2 is 1.68 bits per heavy atom. The lowest BCUT2D eigenvalue weighted by Gasteiger charge is -2.39. The molecule has 0 aliphatic carbocycles. The molecule has 4 aromatic rings. The fourth-order valence-corrected chi connectivity index (χ4v) is 4.78. The third-order valence-electron chi connectivity index (χ3n) is 6.42. The largest absolute Gasteiger partial charge is 0.493 e. The van der Waals surface area contributed by atoms with Crippen LogP contribution in [0.2, 0.25) is 0 Å². The predicted molar refractivity (Wildman–Crippen MR) is 129 cm³/mol. The Kier molecular flexibility index (Phi) is 4.76. The Balaban J connectivity index is 1.60. The standard InChI is InChI=1S/C27H24N4O3/c1-16-8-10-17(11-9-16)25-23-24(30-27-28-15-29-31(25)27)19-6-4-5-7-20(19)34-26(23)18-12-13-21(32-2)22(14-18)33-3/h4-15,25-26H,1-3H3,(H,28,29,30)/t25-,26-/m1/s1. The van der Waals surface area contributed by atoms with Crippen LogP contribution in [0.5, 0.6) is 17.2 Å². The maximum atomic E-state index is 6.67. The van der Waals surface area contributed by atoms with Crippen LogP contribution in [0.4, 0.5) is 5.95 Å². The molecule has 34 heavy (non-hydrogen) atoms. The number of para-hydroxylation sites is 1. The summed E-state index contributed by atoms with van der Waals surface area (Å²) in [6, 6.07) is 22.3. The summed E-state index contributed by atoms with van der Waals surface area (Å²) >= 11 is 0. The van der Waals surface area contributed by atoms with Gasteiger partial charge < -0.3 is 19.5 Å². The van der Waals surface area contributed by atoms with E-state index in [0.29, 0.717) is 17.4 Å². The summed E-state index contributed by atoms with van der Waals surface area (Å²) in [6.07, 6.45) is 1.21. The van der Waals surface area contributed by atoms with Crippen LogP contribution < -0.4 is 19.5 Å². The average molecular weight is 453 g/mol. The molecule has 170 valence electrons. The summed E-state index contributed by atoms with van der Waals surface area (Å²) in [5.41, 5.74) is 6.33. The predicted octanol–water partition coefficient (Wildman–Crippen LogP) is 5.16. The lowest BCUT2D eigenvalue weighted by atomic mass is 9.84. The van der Waals surface area contributed by atoms with Gasteiger partial charge in [0.15, 0.2) is 11.5 Å². The summed E-state index contributed by atoms with van der Waals surface area (Å²) in [5, 5.41) is 8.11. The Morgan fingerprint density at radius 1 is 0.912 bits per heavy atom. The number of nitrogens with zero attached hydrogens (tertiary/aromatic N) is 3. The molecule has 0 fully saturated rings. The number of anilines is 1. The van der Waals surface area contributed by atoms with Gasteiger partial charge in [-0.3, -0.25) is 0 Å². The SMILES string of the molecule is COc1ccc([C@H]2Oc3ccccc3C3=C2[C@@H](c2ccc(C)cc2)n2ncnc2N3)cc1OC. The van der Waals surface area contributed by atoms with Crippen molar-refractivity contribution in [3.8, 4) is 17.2 Å². The highest BCUT2D eigenvalue weighted by Crippen LogP contribution is 2.51. The minimum absolute atomic E-state index is 0.194. The molecular weight excluding hydrogens is 428 g/mol.